The van der Waals surface area contributed by atoms with Crippen LogP contribution in [-0.2, 0) is 11.2 Å². The van der Waals surface area contributed by atoms with E-state index in [1.165, 1.54) is 0 Å². The molecule has 0 bridgehead atoms. The van der Waals surface area contributed by atoms with Crippen LogP contribution in [0.5, 0.6) is 5.75 Å². The van der Waals surface area contributed by atoms with E-state index < -0.39 is 12.1 Å². The number of aryl methyl sites for hydroxylation is 1. The summed E-state index contributed by atoms with van der Waals surface area (Å²) in [6.45, 7) is 12.6. The Hall–Kier alpha value is -2.82. The zero-order valence-corrected chi connectivity index (χ0v) is 20.2. The van der Waals surface area contributed by atoms with Crippen molar-refractivity contribution < 1.29 is 24.2 Å². The van der Waals surface area contributed by atoms with Crippen LogP contribution in [0.3, 0.4) is 0 Å². The summed E-state index contributed by atoms with van der Waals surface area (Å²) in [5.74, 6) is -0.343. The Balaban J connectivity index is 2.75. The predicted octanol–water partition coefficient (Wildman–Crippen LogP) is 7.57. The fourth-order valence-electron chi connectivity index (χ4n) is 3.61. The van der Waals surface area contributed by atoms with Gasteiger partial charge in [0.05, 0.1) is 12.2 Å². The number of carbonyl (C=O) groups is 2. The predicted molar refractivity (Wildman–Crippen MR) is 128 cm³/mol. The highest BCUT2D eigenvalue weighted by Gasteiger charge is 2.24. The molecule has 32 heavy (non-hydrogen) atoms. The van der Waals surface area contributed by atoms with Crippen LogP contribution in [0.15, 0.2) is 30.3 Å². The maximum atomic E-state index is 12.5. The first-order valence-corrected chi connectivity index (χ1v) is 11.6. The van der Waals surface area contributed by atoms with Gasteiger partial charge in [0.15, 0.2) is 0 Å². The van der Waals surface area contributed by atoms with Crippen molar-refractivity contribution in [3.05, 3.63) is 52.6 Å². The van der Waals surface area contributed by atoms with E-state index in [1.54, 1.807) is 6.07 Å². The van der Waals surface area contributed by atoms with E-state index in [2.05, 4.69) is 20.8 Å². The molecular weight excluding hydrogens is 404 g/mol. The fraction of sp³-hybridized carbons (Fsp3) is 0.481. The Morgan fingerprint density at radius 3 is 2.22 bits per heavy atom. The molecule has 0 saturated carbocycles. The van der Waals surface area contributed by atoms with E-state index in [0.717, 1.165) is 42.4 Å². The molecule has 0 saturated heterocycles. The number of benzene rings is 2. The molecule has 0 aliphatic carbocycles. The lowest BCUT2D eigenvalue weighted by atomic mass is 9.87. The van der Waals surface area contributed by atoms with Crippen molar-refractivity contribution >= 4 is 12.1 Å². The van der Waals surface area contributed by atoms with E-state index in [4.69, 9.17) is 9.47 Å². The summed E-state index contributed by atoms with van der Waals surface area (Å²) in [5, 5.41) is 9.89. The standard InChI is InChI=1S/C27H36O5/c1-7-9-13-31-27(30)32-25-22(18(5)6)15-20(17(3)4)16-24(25)23-14-19(10-8-2)11-12-21(23)26(28)29/h11-12,14-18H,7-10,13H2,1-6H3,(H,28,29). The first-order chi connectivity index (χ1) is 15.2. The van der Waals surface area contributed by atoms with Gasteiger partial charge in [-0.15, -0.1) is 0 Å². The van der Waals surface area contributed by atoms with Crippen molar-refractivity contribution in [2.45, 2.75) is 79.1 Å². The smallest absolute Gasteiger partial charge is 0.478 e. The Morgan fingerprint density at radius 1 is 0.938 bits per heavy atom. The van der Waals surface area contributed by atoms with Gasteiger partial charge in [-0.25, -0.2) is 9.59 Å². The fourth-order valence-corrected chi connectivity index (χ4v) is 3.61. The van der Waals surface area contributed by atoms with Gasteiger partial charge in [-0.05, 0) is 53.5 Å². The monoisotopic (exact) mass is 440 g/mol. The van der Waals surface area contributed by atoms with Crippen LogP contribution in [0.2, 0.25) is 0 Å². The minimum Gasteiger partial charge on any atom is -0.478 e. The Bertz CT molecular complexity index is 943. The summed E-state index contributed by atoms with van der Waals surface area (Å²) in [6.07, 6.45) is 2.68. The molecule has 0 spiro atoms. The molecule has 0 unspecified atom stereocenters. The first-order valence-electron chi connectivity index (χ1n) is 11.6. The van der Waals surface area contributed by atoms with Gasteiger partial charge in [-0.2, -0.15) is 0 Å². The molecule has 5 nitrogen and oxygen atoms in total. The normalized spacial score (nSPS) is 11.1. The molecular formula is C27H36O5. The van der Waals surface area contributed by atoms with Crippen LogP contribution in [0.25, 0.3) is 11.1 Å². The lowest BCUT2D eigenvalue weighted by Gasteiger charge is -2.21. The number of hydrogen-bond donors (Lipinski definition) is 1. The molecule has 0 radical (unpaired) electrons. The second kappa shape index (κ2) is 11.7. The van der Waals surface area contributed by atoms with Crippen LogP contribution in [-0.4, -0.2) is 23.8 Å². The van der Waals surface area contributed by atoms with Gasteiger partial charge in [0, 0.05) is 11.1 Å². The molecule has 0 amide bonds. The van der Waals surface area contributed by atoms with E-state index >= 15 is 0 Å². The van der Waals surface area contributed by atoms with Crippen LogP contribution < -0.4 is 4.74 Å². The summed E-state index contributed by atoms with van der Waals surface area (Å²) in [4.78, 5) is 24.6. The van der Waals surface area contributed by atoms with Gasteiger partial charge in [0.25, 0.3) is 0 Å². The van der Waals surface area contributed by atoms with Gasteiger partial charge < -0.3 is 14.6 Å². The number of rotatable bonds is 10. The highest BCUT2D eigenvalue weighted by atomic mass is 16.7. The summed E-state index contributed by atoms with van der Waals surface area (Å²) < 4.78 is 11.0. The Labute approximate surface area is 191 Å². The molecule has 0 fully saturated rings. The maximum Gasteiger partial charge on any atom is 0.513 e. The van der Waals surface area contributed by atoms with Crippen molar-refractivity contribution in [2.75, 3.05) is 6.61 Å². The first kappa shape index (κ1) is 25.4. The number of aromatic carboxylic acids is 1. The summed E-state index contributed by atoms with van der Waals surface area (Å²) in [6, 6.07) is 9.40. The van der Waals surface area contributed by atoms with Crippen molar-refractivity contribution in [1.29, 1.82) is 0 Å². The van der Waals surface area contributed by atoms with Gasteiger partial charge >= 0.3 is 12.1 Å². The number of ether oxygens (including phenoxy) is 2. The van der Waals surface area contributed by atoms with Crippen molar-refractivity contribution in [1.82, 2.24) is 0 Å². The molecule has 0 heterocycles. The van der Waals surface area contributed by atoms with Gasteiger partial charge in [0.1, 0.15) is 5.75 Å². The molecule has 0 aromatic heterocycles. The topological polar surface area (TPSA) is 72.8 Å². The van der Waals surface area contributed by atoms with E-state index in [-0.39, 0.29) is 24.0 Å². The minimum atomic E-state index is -1.01. The van der Waals surface area contributed by atoms with Crippen molar-refractivity contribution in [2.24, 2.45) is 0 Å². The van der Waals surface area contributed by atoms with E-state index in [1.807, 2.05) is 45.0 Å². The zero-order valence-electron chi connectivity index (χ0n) is 20.2. The quantitative estimate of drug-likeness (QED) is 0.234. The second-order valence-corrected chi connectivity index (χ2v) is 8.79. The molecule has 1 N–H and O–H groups in total. The third-order valence-corrected chi connectivity index (χ3v) is 5.48. The highest BCUT2D eigenvalue weighted by Crippen LogP contribution is 2.41. The van der Waals surface area contributed by atoms with E-state index in [9.17, 15) is 14.7 Å². The van der Waals surface area contributed by atoms with Gasteiger partial charge in [-0.1, -0.05) is 72.6 Å². The van der Waals surface area contributed by atoms with Gasteiger partial charge in [-0.3, -0.25) is 0 Å². The lowest BCUT2D eigenvalue weighted by molar-refractivity contribution is 0.0697. The minimum absolute atomic E-state index is 0.0676. The molecule has 5 heteroatoms. The Morgan fingerprint density at radius 2 is 1.66 bits per heavy atom. The molecule has 2 rings (SSSR count). The van der Waals surface area contributed by atoms with Crippen molar-refractivity contribution in [3.63, 3.8) is 0 Å². The lowest BCUT2D eigenvalue weighted by Crippen LogP contribution is -2.14. The molecule has 2 aromatic carbocycles. The second-order valence-electron chi connectivity index (χ2n) is 8.79. The third-order valence-electron chi connectivity index (χ3n) is 5.48. The summed E-state index contributed by atoms with van der Waals surface area (Å²) in [5.41, 5.74) is 4.32. The molecule has 0 aliphatic heterocycles. The largest absolute Gasteiger partial charge is 0.513 e. The highest BCUT2D eigenvalue weighted by molar-refractivity contribution is 5.97. The van der Waals surface area contributed by atoms with Crippen LogP contribution >= 0.6 is 0 Å². The summed E-state index contributed by atoms with van der Waals surface area (Å²) in [7, 11) is 0. The van der Waals surface area contributed by atoms with E-state index in [0.29, 0.717) is 16.9 Å². The molecule has 2 aromatic rings. The number of hydrogen-bond acceptors (Lipinski definition) is 4. The van der Waals surface area contributed by atoms with Crippen LogP contribution in [0.1, 0.15) is 99.7 Å². The zero-order chi connectivity index (χ0) is 23.8. The Kier molecular flexibility index (Phi) is 9.30. The SMILES string of the molecule is CCCCOC(=O)Oc1c(-c2cc(CCC)ccc2C(=O)O)cc(C(C)C)cc1C(C)C. The number of carboxylic acid groups (broad SMARTS) is 1. The van der Waals surface area contributed by atoms with Crippen molar-refractivity contribution in [3.8, 4) is 16.9 Å². The van der Waals surface area contributed by atoms with Gasteiger partial charge in [0.2, 0.25) is 0 Å². The number of unbranched alkanes of at least 4 members (excludes halogenated alkanes) is 1. The maximum absolute atomic E-state index is 12.5. The molecule has 0 aliphatic rings. The third kappa shape index (κ3) is 6.35. The average Bonchev–Trinajstić information content (AvgIpc) is 2.73. The molecule has 0 atom stereocenters. The number of carboxylic acids is 1. The van der Waals surface area contributed by atoms with Crippen LogP contribution in [0.4, 0.5) is 4.79 Å². The van der Waals surface area contributed by atoms with Crippen LogP contribution in [0, 0.1) is 0 Å². The molecule has 174 valence electrons. The number of carbonyl (C=O) groups excluding carboxylic acids is 1. The average molecular weight is 441 g/mol. The summed E-state index contributed by atoms with van der Waals surface area (Å²) >= 11 is 0.